The maximum Gasteiger partial charge on any atom is 0.256 e. The van der Waals surface area contributed by atoms with Crippen LogP contribution in [0.2, 0.25) is 0 Å². The molecular weight excluding hydrogens is 418 g/mol. The molecule has 32 heavy (non-hydrogen) atoms. The summed E-state index contributed by atoms with van der Waals surface area (Å²) in [4.78, 5) is 21.1. The van der Waals surface area contributed by atoms with Crippen LogP contribution >= 0.6 is 12.2 Å². The predicted octanol–water partition coefficient (Wildman–Crippen LogP) is 4.82. The number of hydrogen-bond acceptors (Lipinski definition) is 3. The van der Waals surface area contributed by atoms with E-state index in [4.69, 9.17) is 17.0 Å². The van der Waals surface area contributed by atoms with Crippen molar-refractivity contribution < 1.29 is 9.53 Å². The summed E-state index contributed by atoms with van der Waals surface area (Å²) in [5, 5.41) is 1.69. The second kappa shape index (κ2) is 7.21. The quantitative estimate of drug-likeness (QED) is 0.465. The van der Waals surface area contributed by atoms with Gasteiger partial charge in [-0.1, -0.05) is 48.5 Å². The SMILES string of the molecule is COc1cccc([C@H]2c3[nH]c4ccccc4c3CC3C(=O)N(c4ccccc4)C(=S)N32)c1. The monoisotopic (exact) mass is 439 g/mol. The number of fused-ring (bicyclic) bond motifs is 4. The molecule has 5 nitrogen and oxygen atoms in total. The van der Waals surface area contributed by atoms with E-state index in [0.29, 0.717) is 11.5 Å². The lowest BCUT2D eigenvalue weighted by atomic mass is 9.89. The standard InChI is InChI=1S/C26H21N3O2S/c1-31-18-11-7-8-16(14-18)24-23-20(19-12-5-6-13-21(19)27-23)15-22-25(30)28(26(32)29(22)24)17-9-3-2-4-10-17/h2-14,22,24,27H,15H2,1H3/t22?,24-/m0/s1. The van der Waals surface area contributed by atoms with Crippen molar-refractivity contribution in [3.05, 3.63) is 95.7 Å². The summed E-state index contributed by atoms with van der Waals surface area (Å²) < 4.78 is 5.50. The topological polar surface area (TPSA) is 48.6 Å². The normalized spacial score (nSPS) is 19.9. The zero-order valence-corrected chi connectivity index (χ0v) is 18.3. The molecule has 2 atom stereocenters. The number of methoxy groups -OCH3 is 1. The predicted molar refractivity (Wildman–Crippen MR) is 129 cm³/mol. The Morgan fingerprint density at radius 2 is 1.78 bits per heavy atom. The summed E-state index contributed by atoms with van der Waals surface area (Å²) in [5.74, 6) is 0.795. The highest BCUT2D eigenvalue weighted by atomic mass is 32.1. The third-order valence-corrected chi connectivity index (χ3v) is 6.87. The van der Waals surface area contributed by atoms with Gasteiger partial charge >= 0.3 is 0 Å². The van der Waals surface area contributed by atoms with E-state index in [1.165, 1.54) is 5.56 Å². The first-order chi connectivity index (χ1) is 15.7. The maximum atomic E-state index is 13.7. The van der Waals surface area contributed by atoms with Crippen molar-refractivity contribution in [2.24, 2.45) is 0 Å². The first-order valence-electron chi connectivity index (χ1n) is 10.6. The number of H-pyrrole nitrogens is 1. The van der Waals surface area contributed by atoms with E-state index in [9.17, 15) is 4.79 Å². The number of nitrogens with zero attached hydrogens (tertiary/aromatic N) is 2. The van der Waals surface area contributed by atoms with E-state index in [1.54, 1.807) is 12.0 Å². The van der Waals surface area contributed by atoms with E-state index in [2.05, 4.69) is 28.1 Å². The summed E-state index contributed by atoms with van der Waals surface area (Å²) >= 11 is 5.93. The van der Waals surface area contributed by atoms with Crippen molar-refractivity contribution in [3.63, 3.8) is 0 Å². The van der Waals surface area contributed by atoms with Gasteiger partial charge in [-0.15, -0.1) is 0 Å². The summed E-state index contributed by atoms with van der Waals surface area (Å²) in [7, 11) is 1.66. The minimum absolute atomic E-state index is 0.0185. The highest BCUT2D eigenvalue weighted by molar-refractivity contribution is 7.80. The zero-order chi connectivity index (χ0) is 21.8. The molecule has 6 rings (SSSR count). The van der Waals surface area contributed by atoms with Crippen molar-refractivity contribution in [1.29, 1.82) is 0 Å². The second-order valence-electron chi connectivity index (χ2n) is 8.16. The molecule has 0 bridgehead atoms. The number of aromatic nitrogens is 1. The van der Waals surface area contributed by atoms with Crippen LogP contribution in [0.25, 0.3) is 10.9 Å². The lowest BCUT2D eigenvalue weighted by Crippen LogP contribution is -2.44. The number of carbonyl (C=O) groups excluding carboxylic acids is 1. The van der Waals surface area contributed by atoms with E-state index < -0.39 is 0 Å². The fourth-order valence-electron chi connectivity index (χ4n) is 5.05. The van der Waals surface area contributed by atoms with Gasteiger partial charge in [0.05, 0.1) is 18.8 Å². The molecule has 1 saturated heterocycles. The number of para-hydroxylation sites is 2. The lowest BCUT2D eigenvalue weighted by molar-refractivity contribution is -0.120. The van der Waals surface area contributed by atoms with Gasteiger partial charge in [-0.3, -0.25) is 9.69 Å². The molecule has 2 aliphatic heterocycles. The Bertz CT molecular complexity index is 1360. The van der Waals surface area contributed by atoms with E-state index in [0.717, 1.165) is 33.6 Å². The van der Waals surface area contributed by atoms with Crippen molar-refractivity contribution in [1.82, 2.24) is 9.88 Å². The summed E-state index contributed by atoms with van der Waals surface area (Å²) in [6.07, 6.45) is 0.613. The number of amides is 1. The van der Waals surface area contributed by atoms with Crippen molar-refractivity contribution >= 4 is 39.8 Å². The number of thiocarbonyl (C=S) groups is 1. The van der Waals surface area contributed by atoms with Gasteiger partial charge in [0.1, 0.15) is 11.8 Å². The molecule has 158 valence electrons. The Labute approximate surface area is 191 Å². The first kappa shape index (κ1) is 19.1. The summed E-state index contributed by atoms with van der Waals surface area (Å²) in [6, 6.07) is 25.4. The average molecular weight is 440 g/mol. The van der Waals surface area contributed by atoms with Gasteiger partial charge in [0.25, 0.3) is 5.91 Å². The van der Waals surface area contributed by atoms with Crippen LogP contribution in [0.15, 0.2) is 78.9 Å². The number of aromatic amines is 1. The first-order valence-corrected chi connectivity index (χ1v) is 11.0. The van der Waals surface area contributed by atoms with Crippen molar-refractivity contribution in [3.8, 4) is 5.75 Å². The van der Waals surface area contributed by atoms with Crippen LogP contribution in [0.3, 0.4) is 0 Å². The Morgan fingerprint density at radius 3 is 2.59 bits per heavy atom. The molecule has 1 fully saturated rings. The molecule has 1 N–H and O–H groups in total. The van der Waals surface area contributed by atoms with Crippen LogP contribution in [0.5, 0.6) is 5.75 Å². The fraction of sp³-hybridized carbons (Fsp3) is 0.154. The van der Waals surface area contributed by atoms with E-state index >= 15 is 0 Å². The molecule has 0 radical (unpaired) electrons. The van der Waals surface area contributed by atoms with Crippen molar-refractivity contribution in [2.45, 2.75) is 18.5 Å². The Kier molecular flexibility index (Phi) is 4.30. The van der Waals surface area contributed by atoms with Crippen molar-refractivity contribution in [2.75, 3.05) is 12.0 Å². The van der Waals surface area contributed by atoms with Gasteiger partial charge in [0.2, 0.25) is 0 Å². The minimum atomic E-state index is -0.356. The average Bonchev–Trinajstić information content (AvgIpc) is 3.33. The Balaban J connectivity index is 1.56. The largest absolute Gasteiger partial charge is 0.497 e. The highest BCUT2D eigenvalue weighted by Gasteiger charge is 2.51. The Hall–Kier alpha value is -3.64. The third kappa shape index (κ3) is 2.69. The number of benzene rings is 3. The van der Waals surface area contributed by atoms with Crippen LogP contribution in [-0.2, 0) is 11.2 Å². The van der Waals surface area contributed by atoms with Gasteiger partial charge in [-0.2, -0.15) is 0 Å². The molecule has 2 aliphatic rings. The summed E-state index contributed by atoms with van der Waals surface area (Å²) in [6.45, 7) is 0. The third-order valence-electron chi connectivity index (χ3n) is 6.47. The van der Waals surface area contributed by atoms with E-state index in [1.807, 2.05) is 60.7 Å². The van der Waals surface area contributed by atoms with Gasteiger partial charge in [-0.05, 0) is 53.7 Å². The molecule has 3 aromatic carbocycles. The van der Waals surface area contributed by atoms with Crippen LogP contribution in [0.4, 0.5) is 5.69 Å². The molecular formula is C26H21N3O2S. The fourth-order valence-corrected chi connectivity index (χ4v) is 5.48. The summed E-state index contributed by atoms with van der Waals surface area (Å²) in [5.41, 5.74) is 5.17. The number of nitrogens with one attached hydrogen (secondary N) is 1. The molecule has 1 unspecified atom stereocenters. The molecule has 4 aromatic rings. The number of hydrogen-bond donors (Lipinski definition) is 1. The molecule has 6 heteroatoms. The van der Waals surface area contributed by atoms with E-state index in [-0.39, 0.29) is 18.0 Å². The smallest absolute Gasteiger partial charge is 0.256 e. The number of ether oxygens (including phenoxy) is 1. The Morgan fingerprint density at radius 1 is 1.00 bits per heavy atom. The number of carbonyl (C=O) groups is 1. The van der Waals surface area contributed by atoms with Gasteiger partial charge < -0.3 is 14.6 Å². The molecule has 0 spiro atoms. The highest BCUT2D eigenvalue weighted by Crippen LogP contribution is 2.45. The van der Waals surface area contributed by atoms with Crippen LogP contribution in [-0.4, -0.2) is 34.1 Å². The molecule has 0 saturated carbocycles. The molecule has 1 aromatic heterocycles. The van der Waals surface area contributed by atoms with Crippen LogP contribution in [0, 0.1) is 0 Å². The van der Waals surface area contributed by atoms with Gasteiger partial charge in [0.15, 0.2) is 5.11 Å². The second-order valence-corrected chi connectivity index (χ2v) is 8.53. The molecule has 0 aliphatic carbocycles. The minimum Gasteiger partial charge on any atom is -0.497 e. The van der Waals surface area contributed by atoms with Gasteiger partial charge in [0, 0.05) is 23.0 Å². The van der Waals surface area contributed by atoms with Gasteiger partial charge in [-0.25, -0.2) is 0 Å². The maximum absolute atomic E-state index is 13.7. The number of rotatable bonds is 3. The molecule has 1 amide bonds. The zero-order valence-electron chi connectivity index (χ0n) is 17.5. The molecule has 3 heterocycles. The van der Waals surface area contributed by atoms with Crippen LogP contribution < -0.4 is 9.64 Å². The lowest BCUT2D eigenvalue weighted by Gasteiger charge is -2.37. The van der Waals surface area contributed by atoms with Crippen LogP contribution in [0.1, 0.15) is 22.9 Å². The number of anilines is 1.